The van der Waals surface area contributed by atoms with Gasteiger partial charge in [0, 0.05) is 19.3 Å². The highest BCUT2D eigenvalue weighted by Gasteiger charge is 2.39. The van der Waals surface area contributed by atoms with E-state index in [1.54, 1.807) is 0 Å². The van der Waals surface area contributed by atoms with Crippen LogP contribution in [0, 0.1) is 5.41 Å². The van der Waals surface area contributed by atoms with Crippen molar-refractivity contribution in [2.45, 2.75) is 46.2 Å². The number of hydrogen-bond donors (Lipinski definition) is 1. The predicted octanol–water partition coefficient (Wildman–Crippen LogP) is 1.98. The first-order chi connectivity index (χ1) is 9.11. The summed E-state index contributed by atoms with van der Waals surface area (Å²) < 4.78 is 2.00. The van der Waals surface area contributed by atoms with Gasteiger partial charge in [-0.1, -0.05) is 6.92 Å². The minimum Gasteiger partial charge on any atom is -0.481 e. The molecule has 0 radical (unpaired) electrons. The summed E-state index contributed by atoms with van der Waals surface area (Å²) in [5.74, 6) is -0.631. The van der Waals surface area contributed by atoms with Crippen molar-refractivity contribution in [2.75, 3.05) is 13.1 Å². The molecule has 5 nitrogen and oxygen atoms in total. The average Bonchev–Trinajstić information content (AvgIpc) is 2.87. The summed E-state index contributed by atoms with van der Waals surface area (Å²) in [6, 6.07) is 2.04. The van der Waals surface area contributed by atoms with E-state index >= 15 is 0 Å². The third kappa shape index (κ3) is 2.81. The van der Waals surface area contributed by atoms with Crippen molar-refractivity contribution in [2.24, 2.45) is 5.41 Å². The summed E-state index contributed by atoms with van der Waals surface area (Å²) in [5.41, 5.74) is 0.712. The van der Waals surface area contributed by atoms with E-state index in [0.717, 1.165) is 45.4 Å². The van der Waals surface area contributed by atoms with Crippen molar-refractivity contribution >= 4 is 5.97 Å². The lowest BCUT2D eigenvalue weighted by Crippen LogP contribution is -2.43. The monoisotopic (exact) mass is 265 g/mol. The molecule has 0 unspecified atom stereocenters. The second-order valence-corrected chi connectivity index (χ2v) is 5.35. The third-order valence-corrected chi connectivity index (χ3v) is 4.43. The van der Waals surface area contributed by atoms with E-state index in [2.05, 4.69) is 16.9 Å². The normalized spacial score (nSPS) is 19.5. The molecule has 2 heterocycles. The zero-order valence-corrected chi connectivity index (χ0v) is 11.8. The largest absolute Gasteiger partial charge is 0.481 e. The van der Waals surface area contributed by atoms with Crippen LogP contribution in [0.4, 0.5) is 0 Å². The van der Waals surface area contributed by atoms with Crippen LogP contribution >= 0.6 is 0 Å². The van der Waals surface area contributed by atoms with Crippen LogP contribution in [0.2, 0.25) is 0 Å². The van der Waals surface area contributed by atoms with Gasteiger partial charge in [-0.05, 0) is 45.3 Å². The zero-order chi connectivity index (χ0) is 13.9. The minimum absolute atomic E-state index is 0.499. The molecule has 0 saturated carbocycles. The van der Waals surface area contributed by atoms with Gasteiger partial charge in [0.25, 0.3) is 0 Å². The summed E-state index contributed by atoms with van der Waals surface area (Å²) in [6.45, 7) is 7.52. The predicted molar refractivity (Wildman–Crippen MR) is 72.8 cm³/mol. The number of rotatable bonds is 5. The molecule has 0 amide bonds. The molecule has 1 aliphatic rings. The average molecular weight is 265 g/mol. The van der Waals surface area contributed by atoms with Crippen LogP contribution in [0.3, 0.4) is 0 Å². The van der Waals surface area contributed by atoms with E-state index in [4.69, 9.17) is 0 Å². The summed E-state index contributed by atoms with van der Waals surface area (Å²) in [5, 5.41) is 13.7. The molecule has 0 atom stereocenters. The van der Waals surface area contributed by atoms with E-state index in [-0.39, 0.29) is 0 Å². The van der Waals surface area contributed by atoms with Gasteiger partial charge in [0.15, 0.2) is 0 Å². The lowest BCUT2D eigenvalue weighted by molar-refractivity contribution is -0.152. The molecule has 2 rings (SSSR count). The molecular weight excluding hydrogens is 242 g/mol. The van der Waals surface area contributed by atoms with Gasteiger partial charge < -0.3 is 5.11 Å². The van der Waals surface area contributed by atoms with Crippen molar-refractivity contribution in [3.05, 3.63) is 18.0 Å². The first-order valence-corrected chi connectivity index (χ1v) is 7.07. The molecule has 0 aliphatic carbocycles. The number of hydrogen-bond acceptors (Lipinski definition) is 3. The number of carbonyl (C=O) groups is 1. The number of aliphatic carboxylic acids is 1. The van der Waals surface area contributed by atoms with Gasteiger partial charge in [0.05, 0.1) is 11.1 Å². The van der Waals surface area contributed by atoms with Gasteiger partial charge in [0.2, 0.25) is 0 Å². The fourth-order valence-electron chi connectivity index (χ4n) is 2.87. The Balaban J connectivity index is 1.95. The highest BCUT2D eigenvalue weighted by molar-refractivity contribution is 5.74. The van der Waals surface area contributed by atoms with E-state index in [1.807, 2.05) is 23.9 Å². The lowest BCUT2D eigenvalue weighted by atomic mass is 9.76. The fourth-order valence-corrected chi connectivity index (χ4v) is 2.87. The van der Waals surface area contributed by atoms with Gasteiger partial charge in [-0.2, -0.15) is 5.10 Å². The Morgan fingerprint density at radius 1 is 1.42 bits per heavy atom. The van der Waals surface area contributed by atoms with Crippen LogP contribution in [0.15, 0.2) is 12.3 Å². The highest BCUT2D eigenvalue weighted by atomic mass is 16.4. The summed E-state index contributed by atoms with van der Waals surface area (Å²) >= 11 is 0. The molecule has 1 N–H and O–H groups in total. The van der Waals surface area contributed by atoms with Crippen LogP contribution in [0.25, 0.3) is 0 Å². The Bertz CT molecular complexity index is 434. The second kappa shape index (κ2) is 5.74. The Morgan fingerprint density at radius 2 is 2.11 bits per heavy atom. The quantitative estimate of drug-likeness (QED) is 0.884. The summed E-state index contributed by atoms with van der Waals surface area (Å²) in [7, 11) is 0. The van der Waals surface area contributed by atoms with Crippen LogP contribution in [-0.4, -0.2) is 38.8 Å². The molecule has 106 valence electrons. The molecule has 0 spiro atoms. The first kappa shape index (κ1) is 14.1. The molecule has 19 heavy (non-hydrogen) atoms. The molecule has 1 aromatic heterocycles. The number of piperidine rings is 1. The van der Waals surface area contributed by atoms with E-state index in [9.17, 15) is 9.90 Å². The first-order valence-electron chi connectivity index (χ1n) is 7.07. The molecular formula is C14H23N3O2. The Labute approximate surface area is 114 Å². The number of aromatic nitrogens is 2. The van der Waals surface area contributed by atoms with Gasteiger partial charge in [-0.25, -0.2) is 0 Å². The molecule has 1 aromatic rings. The van der Waals surface area contributed by atoms with Crippen LogP contribution in [-0.2, 0) is 17.9 Å². The molecule has 1 fully saturated rings. The Hall–Kier alpha value is -1.36. The SMILES string of the molecule is CCn1nccc1CN1CCC(CC)(C(=O)O)CC1. The van der Waals surface area contributed by atoms with E-state index < -0.39 is 11.4 Å². The van der Waals surface area contributed by atoms with Crippen molar-refractivity contribution in [3.63, 3.8) is 0 Å². The molecule has 1 aliphatic heterocycles. The van der Waals surface area contributed by atoms with E-state index in [0.29, 0.717) is 0 Å². The van der Waals surface area contributed by atoms with Crippen LogP contribution in [0.1, 0.15) is 38.8 Å². The minimum atomic E-state index is -0.631. The van der Waals surface area contributed by atoms with Gasteiger partial charge in [-0.15, -0.1) is 0 Å². The molecule has 0 bridgehead atoms. The third-order valence-electron chi connectivity index (χ3n) is 4.43. The van der Waals surface area contributed by atoms with Gasteiger partial charge in [0.1, 0.15) is 0 Å². The van der Waals surface area contributed by atoms with Crippen LogP contribution in [0.5, 0.6) is 0 Å². The number of carboxylic acids is 1. The maximum atomic E-state index is 11.4. The van der Waals surface area contributed by atoms with Crippen molar-refractivity contribution < 1.29 is 9.90 Å². The topological polar surface area (TPSA) is 58.4 Å². The Morgan fingerprint density at radius 3 is 2.63 bits per heavy atom. The highest BCUT2D eigenvalue weighted by Crippen LogP contribution is 2.35. The van der Waals surface area contributed by atoms with Crippen LogP contribution < -0.4 is 0 Å². The smallest absolute Gasteiger partial charge is 0.309 e. The lowest BCUT2D eigenvalue weighted by Gasteiger charge is -2.38. The molecule has 1 saturated heterocycles. The molecule has 0 aromatic carbocycles. The number of aryl methyl sites for hydroxylation is 1. The van der Waals surface area contributed by atoms with E-state index in [1.165, 1.54) is 5.69 Å². The maximum absolute atomic E-state index is 11.4. The van der Waals surface area contributed by atoms with Gasteiger partial charge in [-0.3, -0.25) is 14.4 Å². The molecule has 5 heteroatoms. The fraction of sp³-hybridized carbons (Fsp3) is 0.714. The maximum Gasteiger partial charge on any atom is 0.309 e. The van der Waals surface area contributed by atoms with Crippen molar-refractivity contribution in [3.8, 4) is 0 Å². The zero-order valence-electron chi connectivity index (χ0n) is 11.8. The second-order valence-electron chi connectivity index (χ2n) is 5.35. The Kier molecular flexibility index (Phi) is 4.24. The van der Waals surface area contributed by atoms with Crippen molar-refractivity contribution in [1.82, 2.24) is 14.7 Å². The standard InChI is InChI=1S/C14H23N3O2/c1-3-14(13(18)19)6-9-16(10-7-14)11-12-5-8-15-17(12)4-2/h5,8H,3-4,6-7,9-11H2,1-2H3,(H,18,19). The number of likely N-dealkylation sites (tertiary alicyclic amines) is 1. The number of nitrogens with zero attached hydrogens (tertiary/aromatic N) is 3. The summed E-state index contributed by atoms with van der Waals surface area (Å²) in [4.78, 5) is 13.7. The van der Waals surface area contributed by atoms with Gasteiger partial charge >= 0.3 is 5.97 Å². The summed E-state index contributed by atoms with van der Waals surface area (Å²) in [6.07, 6.45) is 4.05. The van der Waals surface area contributed by atoms with Crippen molar-refractivity contribution in [1.29, 1.82) is 0 Å². The number of carboxylic acid groups (broad SMARTS) is 1.